The second-order valence-corrected chi connectivity index (χ2v) is 7.42. The van der Waals surface area contributed by atoms with Gasteiger partial charge in [0.25, 0.3) is 0 Å². The molecule has 1 unspecified atom stereocenters. The average molecular weight is 438 g/mol. The summed E-state index contributed by atoms with van der Waals surface area (Å²) in [5, 5.41) is 4.41. The van der Waals surface area contributed by atoms with Crippen LogP contribution in [0, 0.1) is 19.8 Å². The zero-order valence-electron chi connectivity index (χ0n) is 14.5. The fraction of sp³-hybridized carbons (Fsp3) is 0.750. The number of aryl methyl sites for hydroxylation is 2. The maximum Gasteiger partial charge on any atom is 0.188 e. The molecule has 128 valence electrons. The molecule has 1 aromatic heterocycles. The van der Waals surface area contributed by atoms with Gasteiger partial charge in [-0.25, -0.2) is 4.98 Å². The summed E-state index contributed by atoms with van der Waals surface area (Å²) in [5.74, 6) is 1.32. The lowest BCUT2D eigenvalue weighted by atomic mass is 10.0. The number of rotatable bonds is 8. The minimum absolute atomic E-state index is 0. The van der Waals surface area contributed by atoms with Crippen molar-refractivity contribution in [2.75, 3.05) is 6.54 Å². The normalized spacial score (nSPS) is 13.1. The molecule has 0 aliphatic heterocycles. The van der Waals surface area contributed by atoms with E-state index in [0.717, 1.165) is 29.5 Å². The molecular formula is C16H31IN4S. The Balaban J connectivity index is 0.00000441. The number of guanidine groups is 1. The maximum atomic E-state index is 5.93. The third-order valence-electron chi connectivity index (χ3n) is 3.49. The van der Waals surface area contributed by atoms with Crippen LogP contribution in [0.15, 0.2) is 4.99 Å². The number of nitrogens with two attached hydrogens (primary N) is 1. The van der Waals surface area contributed by atoms with Crippen LogP contribution in [-0.4, -0.2) is 23.5 Å². The Morgan fingerprint density at radius 3 is 2.50 bits per heavy atom. The Kier molecular flexibility index (Phi) is 11.0. The molecule has 3 N–H and O–H groups in total. The van der Waals surface area contributed by atoms with Crippen molar-refractivity contribution in [3.8, 4) is 0 Å². The van der Waals surface area contributed by atoms with Gasteiger partial charge in [-0.15, -0.1) is 35.3 Å². The van der Waals surface area contributed by atoms with Gasteiger partial charge in [-0.2, -0.15) is 0 Å². The van der Waals surface area contributed by atoms with Gasteiger partial charge in [0.2, 0.25) is 0 Å². The van der Waals surface area contributed by atoms with Crippen LogP contribution < -0.4 is 11.1 Å². The van der Waals surface area contributed by atoms with Crippen LogP contribution in [0.4, 0.5) is 0 Å². The van der Waals surface area contributed by atoms with Gasteiger partial charge < -0.3 is 11.1 Å². The second-order valence-electron chi connectivity index (χ2n) is 6.14. The van der Waals surface area contributed by atoms with E-state index in [2.05, 4.69) is 43.0 Å². The zero-order chi connectivity index (χ0) is 15.8. The molecule has 22 heavy (non-hydrogen) atoms. The lowest BCUT2D eigenvalue weighted by molar-refractivity contribution is 0.493. The lowest BCUT2D eigenvalue weighted by Crippen LogP contribution is -2.38. The number of aliphatic imine (C=N–C) groups is 1. The van der Waals surface area contributed by atoms with Gasteiger partial charge in [-0.1, -0.05) is 26.7 Å². The molecule has 0 fully saturated rings. The first-order chi connectivity index (χ1) is 9.88. The molecule has 0 aromatic carbocycles. The molecule has 0 bridgehead atoms. The Bertz CT molecular complexity index is 437. The Morgan fingerprint density at radius 2 is 1.95 bits per heavy atom. The van der Waals surface area contributed by atoms with E-state index in [4.69, 9.17) is 5.73 Å². The number of aromatic nitrogens is 1. The number of nitrogens with zero attached hydrogens (tertiary/aromatic N) is 2. The Morgan fingerprint density at radius 1 is 1.27 bits per heavy atom. The molecule has 0 radical (unpaired) electrons. The number of nitrogens with one attached hydrogen (secondary N) is 1. The van der Waals surface area contributed by atoms with Crippen molar-refractivity contribution in [3.05, 3.63) is 15.6 Å². The van der Waals surface area contributed by atoms with E-state index in [-0.39, 0.29) is 24.0 Å². The molecular weight excluding hydrogens is 407 g/mol. The van der Waals surface area contributed by atoms with Crippen molar-refractivity contribution in [1.82, 2.24) is 10.3 Å². The minimum atomic E-state index is 0. The first kappa shape index (κ1) is 21.6. The molecule has 1 heterocycles. The van der Waals surface area contributed by atoms with E-state index in [1.54, 1.807) is 11.3 Å². The highest BCUT2D eigenvalue weighted by Gasteiger charge is 2.05. The third kappa shape index (κ3) is 8.92. The summed E-state index contributed by atoms with van der Waals surface area (Å²) in [6.07, 6.45) is 4.51. The Hall–Kier alpha value is -0.370. The highest BCUT2D eigenvalue weighted by Crippen LogP contribution is 2.16. The smallest absolute Gasteiger partial charge is 0.188 e. The summed E-state index contributed by atoms with van der Waals surface area (Å²) in [6, 6.07) is 0.386. The van der Waals surface area contributed by atoms with E-state index in [1.807, 2.05) is 6.92 Å². The molecule has 1 rings (SSSR count). The van der Waals surface area contributed by atoms with Gasteiger partial charge in [-0.05, 0) is 33.1 Å². The summed E-state index contributed by atoms with van der Waals surface area (Å²) in [4.78, 5) is 10.2. The highest BCUT2D eigenvalue weighted by molar-refractivity contribution is 14.0. The third-order valence-corrected chi connectivity index (χ3v) is 4.63. The van der Waals surface area contributed by atoms with Crippen LogP contribution in [0.3, 0.4) is 0 Å². The summed E-state index contributed by atoms with van der Waals surface area (Å²) in [5.41, 5.74) is 7.06. The van der Waals surface area contributed by atoms with E-state index in [9.17, 15) is 0 Å². The zero-order valence-corrected chi connectivity index (χ0v) is 17.6. The van der Waals surface area contributed by atoms with Crippen molar-refractivity contribution in [2.45, 2.75) is 66.3 Å². The quantitative estimate of drug-likeness (QED) is 0.366. The molecule has 0 aliphatic rings. The first-order valence-electron chi connectivity index (χ1n) is 7.87. The maximum absolute atomic E-state index is 5.93. The van der Waals surface area contributed by atoms with Gasteiger partial charge >= 0.3 is 0 Å². The first-order valence-corrected chi connectivity index (χ1v) is 8.69. The number of hydrogen-bond donors (Lipinski definition) is 2. The highest BCUT2D eigenvalue weighted by atomic mass is 127. The molecule has 6 heteroatoms. The molecule has 0 spiro atoms. The standard InChI is InChI=1S/C16H30N4S.HI/c1-11(2)7-6-8-12(3)19-16(17)18-10-9-15-20-13(4)14(5)21-15;/h11-12H,6-10H2,1-5H3,(H3,17,18,19);1H. The topological polar surface area (TPSA) is 63.3 Å². The number of hydrogen-bond acceptors (Lipinski definition) is 3. The fourth-order valence-corrected chi connectivity index (χ4v) is 3.04. The van der Waals surface area contributed by atoms with Crippen molar-refractivity contribution in [3.63, 3.8) is 0 Å². The molecule has 0 amide bonds. The molecule has 0 saturated heterocycles. The molecule has 0 saturated carbocycles. The van der Waals surface area contributed by atoms with Crippen LogP contribution in [0.5, 0.6) is 0 Å². The van der Waals surface area contributed by atoms with Crippen LogP contribution in [-0.2, 0) is 6.42 Å². The molecule has 4 nitrogen and oxygen atoms in total. The van der Waals surface area contributed by atoms with Crippen LogP contribution >= 0.6 is 35.3 Å². The van der Waals surface area contributed by atoms with Gasteiger partial charge in [-0.3, -0.25) is 4.99 Å². The minimum Gasteiger partial charge on any atom is -0.370 e. The van der Waals surface area contributed by atoms with E-state index >= 15 is 0 Å². The van der Waals surface area contributed by atoms with Crippen molar-refractivity contribution >= 4 is 41.3 Å². The lowest BCUT2D eigenvalue weighted by Gasteiger charge is -2.14. The van der Waals surface area contributed by atoms with Gasteiger partial charge in [0.1, 0.15) is 0 Å². The van der Waals surface area contributed by atoms with Crippen LogP contribution in [0.2, 0.25) is 0 Å². The summed E-state index contributed by atoms with van der Waals surface area (Å²) in [6.45, 7) is 11.5. The van der Waals surface area contributed by atoms with Crippen LogP contribution in [0.1, 0.15) is 55.6 Å². The van der Waals surface area contributed by atoms with Gasteiger partial charge in [0, 0.05) is 23.9 Å². The van der Waals surface area contributed by atoms with Crippen molar-refractivity contribution in [1.29, 1.82) is 0 Å². The second kappa shape index (κ2) is 11.2. The Labute approximate surface area is 156 Å². The van der Waals surface area contributed by atoms with Crippen molar-refractivity contribution < 1.29 is 0 Å². The van der Waals surface area contributed by atoms with E-state index in [1.165, 1.54) is 17.7 Å². The average Bonchev–Trinajstić information content (AvgIpc) is 2.68. The predicted octanol–water partition coefficient (Wildman–Crippen LogP) is 4.04. The van der Waals surface area contributed by atoms with E-state index in [0.29, 0.717) is 18.5 Å². The SMILES string of the molecule is Cc1nc(CCN=C(N)NC(C)CCCC(C)C)sc1C.I. The predicted molar refractivity (Wildman–Crippen MR) is 108 cm³/mol. The summed E-state index contributed by atoms with van der Waals surface area (Å²) >= 11 is 1.75. The summed E-state index contributed by atoms with van der Waals surface area (Å²) in [7, 11) is 0. The number of halogens is 1. The monoisotopic (exact) mass is 438 g/mol. The van der Waals surface area contributed by atoms with E-state index < -0.39 is 0 Å². The van der Waals surface area contributed by atoms with Crippen LogP contribution in [0.25, 0.3) is 0 Å². The molecule has 0 aliphatic carbocycles. The largest absolute Gasteiger partial charge is 0.370 e. The van der Waals surface area contributed by atoms with Gasteiger partial charge in [0.15, 0.2) is 5.96 Å². The summed E-state index contributed by atoms with van der Waals surface area (Å²) < 4.78 is 0. The van der Waals surface area contributed by atoms with Gasteiger partial charge in [0.05, 0.1) is 10.7 Å². The van der Waals surface area contributed by atoms with Crippen molar-refractivity contribution in [2.24, 2.45) is 16.6 Å². The number of thiazole rings is 1. The molecule has 1 aromatic rings. The fourth-order valence-electron chi connectivity index (χ4n) is 2.12. The molecule has 1 atom stereocenters.